The van der Waals surface area contributed by atoms with Gasteiger partial charge in [0.25, 0.3) is 0 Å². The van der Waals surface area contributed by atoms with Gasteiger partial charge in [-0.15, -0.1) is 0 Å². The minimum absolute atomic E-state index is 0.851. The first-order chi connectivity index (χ1) is 9.74. The lowest BCUT2D eigenvalue weighted by molar-refractivity contribution is 0.861. The predicted molar refractivity (Wildman–Crippen MR) is 85.5 cm³/mol. The Morgan fingerprint density at radius 2 is 1.85 bits per heavy atom. The Morgan fingerprint density at radius 1 is 1.10 bits per heavy atom. The second kappa shape index (κ2) is 7.29. The van der Waals surface area contributed by atoms with E-state index in [1.165, 1.54) is 4.90 Å². The summed E-state index contributed by atoms with van der Waals surface area (Å²) in [5, 5.41) is 4.44. The van der Waals surface area contributed by atoms with Gasteiger partial charge in [-0.25, -0.2) is 9.97 Å². The Labute approximate surface area is 125 Å². The fraction of sp³-hybridized carbons (Fsp3) is 0.375. The first-order valence-corrected chi connectivity index (χ1v) is 7.90. The molecule has 4 heteroatoms. The number of nitrogens with zero attached hydrogens (tertiary/aromatic N) is 2. The SMILES string of the molecule is CCCNc1nc(CC)nc(Sc2ccccc2)c1C. The van der Waals surface area contributed by atoms with E-state index in [-0.39, 0.29) is 0 Å². The molecule has 1 N–H and O–H groups in total. The number of anilines is 1. The summed E-state index contributed by atoms with van der Waals surface area (Å²) < 4.78 is 0. The molecule has 0 bridgehead atoms. The van der Waals surface area contributed by atoms with Gasteiger partial charge in [0.2, 0.25) is 0 Å². The van der Waals surface area contributed by atoms with E-state index in [1.807, 2.05) is 6.07 Å². The molecule has 0 amide bonds. The highest BCUT2D eigenvalue weighted by Crippen LogP contribution is 2.31. The summed E-state index contributed by atoms with van der Waals surface area (Å²) in [7, 11) is 0. The van der Waals surface area contributed by atoms with Gasteiger partial charge in [-0.3, -0.25) is 0 Å². The highest BCUT2D eigenvalue weighted by Gasteiger charge is 2.11. The highest BCUT2D eigenvalue weighted by molar-refractivity contribution is 7.99. The standard InChI is InChI=1S/C16H21N3S/c1-4-11-17-15-12(3)16(19-14(5-2)18-15)20-13-9-7-6-8-10-13/h6-10H,4-5,11H2,1-3H3,(H,17,18,19). The molecule has 0 atom stereocenters. The van der Waals surface area contributed by atoms with Crippen molar-refractivity contribution in [2.45, 2.75) is 43.5 Å². The molecular weight excluding hydrogens is 266 g/mol. The molecule has 0 fully saturated rings. The molecule has 20 heavy (non-hydrogen) atoms. The molecule has 0 radical (unpaired) electrons. The molecule has 0 saturated heterocycles. The minimum atomic E-state index is 0.851. The summed E-state index contributed by atoms with van der Waals surface area (Å²) in [5.41, 5.74) is 1.13. The van der Waals surface area contributed by atoms with Crippen molar-refractivity contribution in [3.8, 4) is 0 Å². The van der Waals surface area contributed by atoms with Gasteiger partial charge < -0.3 is 5.32 Å². The van der Waals surface area contributed by atoms with Crippen LogP contribution in [-0.2, 0) is 6.42 Å². The van der Waals surface area contributed by atoms with Crippen molar-refractivity contribution in [2.75, 3.05) is 11.9 Å². The molecule has 1 aromatic heterocycles. The second-order valence-corrected chi connectivity index (χ2v) is 5.68. The molecule has 0 aliphatic carbocycles. The zero-order chi connectivity index (χ0) is 14.4. The van der Waals surface area contributed by atoms with Crippen LogP contribution in [0.3, 0.4) is 0 Å². The van der Waals surface area contributed by atoms with Gasteiger partial charge in [-0.1, -0.05) is 43.8 Å². The van der Waals surface area contributed by atoms with E-state index in [0.717, 1.165) is 41.6 Å². The van der Waals surface area contributed by atoms with Gasteiger partial charge in [0.15, 0.2) is 0 Å². The van der Waals surface area contributed by atoms with Crippen LogP contribution < -0.4 is 5.32 Å². The topological polar surface area (TPSA) is 37.8 Å². The van der Waals surface area contributed by atoms with Crippen molar-refractivity contribution in [2.24, 2.45) is 0 Å². The Balaban J connectivity index is 2.31. The molecule has 3 nitrogen and oxygen atoms in total. The average molecular weight is 287 g/mol. The van der Waals surface area contributed by atoms with Crippen molar-refractivity contribution < 1.29 is 0 Å². The second-order valence-electron chi connectivity index (χ2n) is 4.61. The summed E-state index contributed by atoms with van der Waals surface area (Å²) >= 11 is 1.70. The number of nitrogens with one attached hydrogen (secondary N) is 1. The van der Waals surface area contributed by atoms with Crippen LogP contribution in [0.25, 0.3) is 0 Å². The summed E-state index contributed by atoms with van der Waals surface area (Å²) in [6.45, 7) is 7.27. The monoisotopic (exact) mass is 287 g/mol. The summed E-state index contributed by atoms with van der Waals surface area (Å²) in [6.07, 6.45) is 1.94. The third-order valence-electron chi connectivity index (χ3n) is 2.96. The van der Waals surface area contributed by atoms with Gasteiger partial charge in [0.05, 0.1) is 0 Å². The number of aryl methyl sites for hydroxylation is 1. The van der Waals surface area contributed by atoms with E-state index in [0.29, 0.717) is 0 Å². The minimum Gasteiger partial charge on any atom is -0.370 e. The van der Waals surface area contributed by atoms with Crippen molar-refractivity contribution in [3.05, 3.63) is 41.7 Å². The first kappa shape index (κ1) is 14.9. The summed E-state index contributed by atoms with van der Waals surface area (Å²) in [6, 6.07) is 10.3. The molecular formula is C16H21N3S. The molecule has 0 unspecified atom stereocenters. The van der Waals surface area contributed by atoms with E-state index in [4.69, 9.17) is 0 Å². The molecule has 1 heterocycles. The van der Waals surface area contributed by atoms with Gasteiger partial charge in [-0.05, 0) is 25.5 Å². The van der Waals surface area contributed by atoms with Crippen LogP contribution in [0, 0.1) is 6.92 Å². The van der Waals surface area contributed by atoms with E-state index in [2.05, 4.69) is 60.3 Å². The smallest absolute Gasteiger partial charge is 0.133 e. The summed E-state index contributed by atoms with van der Waals surface area (Å²) in [4.78, 5) is 10.5. The first-order valence-electron chi connectivity index (χ1n) is 7.08. The fourth-order valence-corrected chi connectivity index (χ4v) is 2.73. The number of benzene rings is 1. The van der Waals surface area contributed by atoms with Crippen molar-refractivity contribution in [1.29, 1.82) is 0 Å². The maximum Gasteiger partial charge on any atom is 0.133 e. The number of aromatic nitrogens is 2. The zero-order valence-electron chi connectivity index (χ0n) is 12.3. The van der Waals surface area contributed by atoms with Crippen LogP contribution in [-0.4, -0.2) is 16.5 Å². The maximum atomic E-state index is 4.67. The van der Waals surface area contributed by atoms with Crippen molar-refractivity contribution in [3.63, 3.8) is 0 Å². The normalized spacial score (nSPS) is 10.6. The summed E-state index contributed by atoms with van der Waals surface area (Å²) in [5.74, 6) is 1.87. The van der Waals surface area contributed by atoms with Crippen molar-refractivity contribution in [1.82, 2.24) is 9.97 Å². The van der Waals surface area contributed by atoms with Crippen LogP contribution >= 0.6 is 11.8 Å². The van der Waals surface area contributed by atoms with E-state index < -0.39 is 0 Å². The van der Waals surface area contributed by atoms with Crippen LogP contribution in [0.4, 0.5) is 5.82 Å². The van der Waals surface area contributed by atoms with Crippen molar-refractivity contribution >= 4 is 17.6 Å². The van der Waals surface area contributed by atoms with E-state index >= 15 is 0 Å². The van der Waals surface area contributed by atoms with Crippen LogP contribution in [0.15, 0.2) is 40.3 Å². The quantitative estimate of drug-likeness (QED) is 0.803. The Morgan fingerprint density at radius 3 is 2.50 bits per heavy atom. The van der Waals surface area contributed by atoms with Gasteiger partial charge in [0, 0.05) is 23.4 Å². The number of hydrogen-bond acceptors (Lipinski definition) is 4. The molecule has 0 spiro atoms. The molecule has 0 aliphatic heterocycles. The number of rotatable bonds is 6. The molecule has 1 aromatic carbocycles. The zero-order valence-corrected chi connectivity index (χ0v) is 13.1. The van der Waals surface area contributed by atoms with Gasteiger partial charge in [0.1, 0.15) is 16.7 Å². The largest absolute Gasteiger partial charge is 0.370 e. The van der Waals surface area contributed by atoms with E-state index in [9.17, 15) is 0 Å². The lowest BCUT2D eigenvalue weighted by atomic mass is 10.3. The Kier molecular flexibility index (Phi) is 5.41. The third-order valence-corrected chi connectivity index (χ3v) is 4.06. The average Bonchev–Trinajstić information content (AvgIpc) is 2.49. The Hall–Kier alpha value is -1.55. The van der Waals surface area contributed by atoms with Crippen LogP contribution in [0.2, 0.25) is 0 Å². The fourth-order valence-electron chi connectivity index (χ4n) is 1.81. The Bertz CT molecular complexity index is 555. The lowest BCUT2D eigenvalue weighted by Crippen LogP contribution is -2.08. The molecule has 0 saturated carbocycles. The maximum absolute atomic E-state index is 4.67. The van der Waals surface area contributed by atoms with Gasteiger partial charge >= 0.3 is 0 Å². The number of hydrogen-bond donors (Lipinski definition) is 1. The predicted octanol–water partition coefficient (Wildman–Crippen LogP) is 4.32. The molecule has 2 rings (SSSR count). The molecule has 2 aromatic rings. The van der Waals surface area contributed by atoms with Gasteiger partial charge in [-0.2, -0.15) is 0 Å². The highest BCUT2D eigenvalue weighted by atomic mass is 32.2. The van der Waals surface area contributed by atoms with Crippen LogP contribution in [0.5, 0.6) is 0 Å². The lowest BCUT2D eigenvalue weighted by Gasteiger charge is -2.13. The van der Waals surface area contributed by atoms with E-state index in [1.54, 1.807) is 11.8 Å². The molecule has 0 aliphatic rings. The third kappa shape index (κ3) is 3.73. The van der Waals surface area contributed by atoms with Crippen LogP contribution in [0.1, 0.15) is 31.7 Å². The molecule has 106 valence electrons.